The van der Waals surface area contributed by atoms with Crippen molar-refractivity contribution in [1.82, 2.24) is 10.6 Å². The van der Waals surface area contributed by atoms with E-state index in [0.717, 1.165) is 31.5 Å². The number of ether oxygens (including phenoxy) is 1. The van der Waals surface area contributed by atoms with Crippen molar-refractivity contribution in [2.24, 2.45) is 5.92 Å². The van der Waals surface area contributed by atoms with Crippen molar-refractivity contribution < 1.29 is 13.9 Å². The topological polar surface area (TPSA) is 50.4 Å². The summed E-state index contributed by atoms with van der Waals surface area (Å²) in [6.07, 6.45) is 1.50. The summed E-state index contributed by atoms with van der Waals surface area (Å²) in [6.45, 7) is 2.19. The number of piperidine rings is 1. The van der Waals surface area contributed by atoms with Crippen molar-refractivity contribution >= 4 is 18.3 Å². The van der Waals surface area contributed by atoms with E-state index in [0.29, 0.717) is 6.54 Å². The fourth-order valence-electron chi connectivity index (χ4n) is 2.44. The van der Waals surface area contributed by atoms with Gasteiger partial charge in [0.1, 0.15) is 5.82 Å². The summed E-state index contributed by atoms with van der Waals surface area (Å²) in [5.74, 6) is -0.111. The van der Waals surface area contributed by atoms with Gasteiger partial charge in [-0.05, 0) is 43.6 Å². The Bertz CT molecular complexity index is 436. The highest BCUT2D eigenvalue weighted by Gasteiger charge is 2.21. The zero-order valence-electron chi connectivity index (χ0n) is 12.1. The molecule has 0 bridgehead atoms. The summed E-state index contributed by atoms with van der Waals surface area (Å²) in [7, 11) is 1.59. The minimum Gasteiger partial charge on any atom is -0.375 e. The highest BCUT2D eigenvalue weighted by atomic mass is 35.5. The van der Waals surface area contributed by atoms with Gasteiger partial charge in [0.2, 0.25) is 5.91 Å². The predicted molar refractivity (Wildman–Crippen MR) is 82.0 cm³/mol. The molecule has 1 unspecified atom stereocenters. The first-order chi connectivity index (χ1) is 9.70. The average molecular weight is 317 g/mol. The van der Waals surface area contributed by atoms with E-state index in [9.17, 15) is 9.18 Å². The van der Waals surface area contributed by atoms with Gasteiger partial charge in [-0.2, -0.15) is 0 Å². The second kappa shape index (κ2) is 8.97. The molecule has 1 heterocycles. The van der Waals surface area contributed by atoms with Gasteiger partial charge in [0.25, 0.3) is 0 Å². The number of benzene rings is 1. The first-order valence-corrected chi connectivity index (χ1v) is 6.97. The van der Waals surface area contributed by atoms with Crippen molar-refractivity contribution in [3.05, 3.63) is 35.6 Å². The molecule has 0 spiro atoms. The van der Waals surface area contributed by atoms with Crippen LogP contribution in [0.4, 0.5) is 4.39 Å². The quantitative estimate of drug-likeness (QED) is 0.874. The lowest BCUT2D eigenvalue weighted by molar-refractivity contribution is -0.126. The van der Waals surface area contributed by atoms with Gasteiger partial charge in [-0.25, -0.2) is 4.39 Å². The van der Waals surface area contributed by atoms with Crippen molar-refractivity contribution in [3.8, 4) is 0 Å². The van der Waals surface area contributed by atoms with Crippen LogP contribution in [0.15, 0.2) is 24.3 Å². The Morgan fingerprint density at radius 2 is 2.00 bits per heavy atom. The van der Waals surface area contributed by atoms with Crippen molar-refractivity contribution in [1.29, 1.82) is 0 Å². The van der Waals surface area contributed by atoms with Crippen LogP contribution in [0, 0.1) is 11.7 Å². The Labute approximate surface area is 130 Å². The first-order valence-electron chi connectivity index (χ1n) is 6.97. The number of carbonyl (C=O) groups is 1. The lowest BCUT2D eigenvalue weighted by Gasteiger charge is -2.23. The molecular formula is C15H22ClFN2O2. The largest absolute Gasteiger partial charge is 0.375 e. The average Bonchev–Trinajstić information content (AvgIpc) is 2.50. The molecule has 4 nitrogen and oxygen atoms in total. The van der Waals surface area contributed by atoms with Gasteiger partial charge >= 0.3 is 0 Å². The van der Waals surface area contributed by atoms with E-state index in [4.69, 9.17) is 4.74 Å². The smallest absolute Gasteiger partial charge is 0.223 e. The van der Waals surface area contributed by atoms with E-state index in [2.05, 4.69) is 10.6 Å². The highest BCUT2D eigenvalue weighted by Crippen LogP contribution is 2.17. The predicted octanol–water partition coefficient (Wildman–Crippen LogP) is 2.05. The highest BCUT2D eigenvalue weighted by molar-refractivity contribution is 5.85. The molecule has 6 heteroatoms. The fraction of sp³-hybridized carbons (Fsp3) is 0.533. The van der Waals surface area contributed by atoms with Crippen LogP contribution < -0.4 is 10.6 Å². The van der Waals surface area contributed by atoms with E-state index >= 15 is 0 Å². The molecule has 1 amide bonds. The van der Waals surface area contributed by atoms with E-state index in [1.54, 1.807) is 19.2 Å². The van der Waals surface area contributed by atoms with Crippen LogP contribution in [0.5, 0.6) is 0 Å². The van der Waals surface area contributed by atoms with Crippen LogP contribution in [-0.4, -0.2) is 32.7 Å². The minimum absolute atomic E-state index is 0. The maximum absolute atomic E-state index is 12.9. The zero-order chi connectivity index (χ0) is 14.4. The third kappa shape index (κ3) is 5.26. The molecule has 0 saturated carbocycles. The lowest BCUT2D eigenvalue weighted by Crippen LogP contribution is -2.39. The zero-order valence-corrected chi connectivity index (χ0v) is 12.9. The number of methoxy groups -OCH3 is 1. The molecule has 1 aliphatic rings. The Morgan fingerprint density at radius 3 is 2.57 bits per heavy atom. The second-order valence-corrected chi connectivity index (χ2v) is 5.05. The summed E-state index contributed by atoms with van der Waals surface area (Å²) in [5, 5.41) is 6.17. The van der Waals surface area contributed by atoms with Crippen molar-refractivity contribution in [2.45, 2.75) is 18.9 Å². The molecule has 0 aliphatic carbocycles. The standard InChI is InChI=1S/C15H21FN2O2.ClH/c1-20-14(11-2-4-13(16)5-3-11)10-18-15(19)12-6-8-17-9-7-12;/h2-5,12,14,17H,6-10H2,1H3,(H,18,19);1H. The molecule has 1 aliphatic heterocycles. The van der Waals surface area contributed by atoms with Gasteiger partial charge in [0.05, 0.1) is 6.10 Å². The van der Waals surface area contributed by atoms with E-state index < -0.39 is 0 Å². The summed E-state index contributed by atoms with van der Waals surface area (Å²) >= 11 is 0. The van der Waals surface area contributed by atoms with Crippen LogP contribution in [0.25, 0.3) is 0 Å². The third-order valence-electron chi connectivity index (χ3n) is 3.70. The van der Waals surface area contributed by atoms with Gasteiger partial charge in [-0.15, -0.1) is 12.4 Å². The minimum atomic E-state index is -0.276. The Morgan fingerprint density at radius 1 is 1.38 bits per heavy atom. The van der Waals surface area contributed by atoms with Crippen molar-refractivity contribution in [3.63, 3.8) is 0 Å². The SMILES string of the molecule is COC(CNC(=O)C1CCNCC1)c1ccc(F)cc1.Cl. The number of amides is 1. The summed E-state index contributed by atoms with van der Waals surface area (Å²) in [5.41, 5.74) is 0.861. The third-order valence-corrected chi connectivity index (χ3v) is 3.70. The van der Waals surface area contributed by atoms with Gasteiger partial charge < -0.3 is 15.4 Å². The van der Waals surface area contributed by atoms with Gasteiger partial charge in [-0.1, -0.05) is 12.1 Å². The number of hydrogen-bond donors (Lipinski definition) is 2. The summed E-state index contributed by atoms with van der Waals surface area (Å²) < 4.78 is 18.3. The fourth-order valence-corrected chi connectivity index (χ4v) is 2.44. The maximum Gasteiger partial charge on any atom is 0.223 e. The van der Waals surface area contributed by atoms with Crippen molar-refractivity contribution in [2.75, 3.05) is 26.7 Å². The summed E-state index contributed by atoms with van der Waals surface area (Å²) in [4.78, 5) is 12.0. The second-order valence-electron chi connectivity index (χ2n) is 5.05. The van der Waals surface area contributed by atoms with Crippen LogP contribution in [0.1, 0.15) is 24.5 Å². The molecule has 118 valence electrons. The monoisotopic (exact) mass is 316 g/mol. The number of nitrogens with one attached hydrogen (secondary N) is 2. The molecule has 1 saturated heterocycles. The Hall–Kier alpha value is -1.17. The molecule has 1 atom stereocenters. The molecule has 0 aromatic heterocycles. The van der Waals surface area contributed by atoms with E-state index in [-0.39, 0.29) is 36.2 Å². The summed E-state index contributed by atoms with van der Waals surface area (Å²) in [6, 6.07) is 6.16. The maximum atomic E-state index is 12.9. The number of hydrogen-bond acceptors (Lipinski definition) is 3. The van der Waals surface area contributed by atoms with Crippen LogP contribution in [0.3, 0.4) is 0 Å². The number of halogens is 2. The molecular weight excluding hydrogens is 295 g/mol. The molecule has 0 radical (unpaired) electrons. The molecule has 1 aromatic carbocycles. The number of carbonyl (C=O) groups excluding carboxylic acids is 1. The first kappa shape index (κ1) is 17.9. The van der Waals surface area contributed by atoms with Gasteiger partial charge in [0, 0.05) is 19.6 Å². The van der Waals surface area contributed by atoms with Crippen LogP contribution in [-0.2, 0) is 9.53 Å². The Balaban J connectivity index is 0.00000220. The molecule has 1 aromatic rings. The lowest BCUT2D eigenvalue weighted by atomic mass is 9.97. The number of rotatable bonds is 5. The van der Waals surface area contributed by atoms with E-state index in [1.165, 1.54) is 12.1 Å². The van der Waals surface area contributed by atoms with Crippen LogP contribution in [0.2, 0.25) is 0 Å². The molecule has 1 fully saturated rings. The van der Waals surface area contributed by atoms with Gasteiger partial charge in [0.15, 0.2) is 0 Å². The Kier molecular flexibility index (Phi) is 7.64. The molecule has 2 rings (SSSR count). The normalized spacial score (nSPS) is 16.9. The molecule has 21 heavy (non-hydrogen) atoms. The van der Waals surface area contributed by atoms with E-state index in [1.807, 2.05) is 0 Å². The van der Waals surface area contributed by atoms with Crippen LogP contribution >= 0.6 is 12.4 Å². The molecule has 2 N–H and O–H groups in total. The van der Waals surface area contributed by atoms with Gasteiger partial charge in [-0.3, -0.25) is 4.79 Å².